The van der Waals surface area contributed by atoms with Gasteiger partial charge in [0.1, 0.15) is 18.1 Å². The van der Waals surface area contributed by atoms with Gasteiger partial charge in [-0.25, -0.2) is 0 Å². The minimum atomic E-state index is -0.696. The van der Waals surface area contributed by atoms with Crippen molar-refractivity contribution in [3.63, 3.8) is 0 Å². The number of aliphatic hydroxyl groups is 1. The average molecular weight is 435 g/mol. The summed E-state index contributed by atoms with van der Waals surface area (Å²) in [5, 5.41) is 11.1. The van der Waals surface area contributed by atoms with E-state index in [1.807, 2.05) is 30.3 Å². The monoisotopic (exact) mass is 434 g/mol. The Hall–Kier alpha value is -3.38. The summed E-state index contributed by atoms with van der Waals surface area (Å²) in [6.07, 6.45) is 1.65. The van der Waals surface area contributed by atoms with Crippen molar-refractivity contribution < 1.29 is 19.4 Å². The van der Waals surface area contributed by atoms with Gasteiger partial charge in [0.25, 0.3) is 11.7 Å². The van der Waals surface area contributed by atoms with Gasteiger partial charge in [0.15, 0.2) is 0 Å². The topological polar surface area (TPSA) is 70.1 Å². The number of hydrogen-bond donors (Lipinski definition) is 1. The molecule has 1 atom stereocenters. The van der Waals surface area contributed by atoms with E-state index in [-0.39, 0.29) is 11.3 Å². The summed E-state index contributed by atoms with van der Waals surface area (Å²) in [5.41, 5.74) is 1.31. The molecule has 1 fully saturated rings. The van der Waals surface area contributed by atoms with Crippen LogP contribution in [0.1, 0.15) is 31.0 Å². The molecule has 0 radical (unpaired) electrons. The van der Waals surface area contributed by atoms with Crippen molar-refractivity contribution in [1.29, 1.82) is 0 Å². The van der Waals surface area contributed by atoms with Gasteiger partial charge >= 0.3 is 0 Å². The summed E-state index contributed by atoms with van der Waals surface area (Å²) >= 11 is 0. The maximum absolute atomic E-state index is 13.1. The molecule has 1 aliphatic rings. The van der Waals surface area contributed by atoms with E-state index in [0.717, 1.165) is 13.1 Å². The van der Waals surface area contributed by atoms with E-state index in [9.17, 15) is 14.7 Å². The van der Waals surface area contributed by atoms with Crippen LogP contribution in [0.2, 0.25) is 0 Å². The van der Waals surface area contributed by atoms with Gasteiger partial charge < -0.3 is 19.6 Å². The second kappa shape index (κ2) is 10.8. The van der Waals surface area contributed by atoms with E-state index in [1.54, 1.807) is 35.2 Å². The first-order chi connectivity index (χ1) is 15.5. The van der Waals surface area contributed by atoms with Gasteiger partial charge in [-0.15, -0.1) is 0 Å². The van der Waals surface area contributed by atoms with Crippen molar-refractivity contribution in [1.82, 2.24) is 9.80 Å². The lowest BCUT2D eigenvalue weighted by molar-refractivity contribution is -0.140. The van der Waals surface area contributed by atoms with Crippen LogP contribution in [0, 0.1) is 0 Å². The van der Waals surface area contributed by atoms with E-state index in [4.69, 9.17) is 4.74 Å². The Bertz CT molecular complexity index is 996. The van der Waals surface area contributed by atoms with Crippen LogP contribution in [-0.4, -0.2) is 59.4 Å². The van der Waals surface area contributed by atoms with Crippen molar-refractivity contribution in [2.45, 2.75) is 19.9 Å². The second-order valence-corrected chi connectivity index (χ2v) is 7.56. The van der Waals surface area contributed by atoms with Gasteiger partial charge in [0, 0.05) is 18.7 Å². The maximum atomic E-state index is 13.1. The van der Waals surface area contributed by atoms with Crippen LogP contribution >= 0.6 is 0 Å². The third-order valence-electron chi connectivity index (χ3n) is 5.68. The van der Waals surface area contributed by atoms with E-state index >= 15 is 0 Å². The largest absolute Gasteiger partial charge is 0.507 e. The molecule has 0 spiro atoms. The third kappa shape index (κ3) is 4.92. The smallest absolute Gasteiger partial charge is 0.295 e. The van der Waals surface area contributed by atoms with E-state index in [1.165, 1.54) is 0 Å². The first-order valence-corrected chi connectivity index (χ1v) is 10.9. The number of amides is 1. The average Bonchev–Trinajstić information content (AvgIpc) is 3.08. The number of hydrogen-bond acceptors (Lipinski definition) is 5. The maximum Gasteiger partial charge on any atom is 0.295 e. The fraction of sp³-hybridized carbons (Fsp3) is 0.308. The third-order valence-corrected chi connectivity index (χ3v) is 5.68. The molecule has 0 aromatic heterocycles. The Labute approximate surface area is 189 Å². The number of likely N-dealkylation sites (tertiary alicyclic amines) is 1. The molecule has 32 heavy (non-hydrogen) atoms. The van der Waals surface area contributed by atoms with Crippen LogP contribution in [0.3, 0.4) is 0 Å². The predicted molar refractivity (Wildman–Crippen MR) is 125 cm³/mol. The predicted octanol–water partition coefficient (Wildman–Crippen LogP) is 4.01. The van der Waals surface area contributed by atoms with Crippen molar-refractivity contribution in [2.24, 2.45) is 0 Å². The fourth-order valence-corrected chi connectivity index (χ4v) is 3.93. The number of carbonyl (C=O) groups excluding carboxylic acids is 2. The molecule has 1 N–H and O–H groups in total. The summed E-state index contributed by atoms with van der Waals surface area (Å²) < 4.78 is 5.66. The molecule has 1 saturated heterocycles. The summed E-state index contributed by atoms with van der Waals surface area (Å²) in [5.74, 6) is -0.835. The van der Waals surface area contributed by atoms with E-state index in [2.05, 4.69) is 25.3 Å². The molecule has 2 aromatic rings. The summed E-state index contributed by atoms with van der Waals surface area (Å²) in [6, 6.07) is 15.4. The van der Waals surface area contributed by atoms with Gasteiger partial charge in [0.2, 0.25) is 0 Å². The van der Waals surface area contributed by atoms with Crippen molar-refractivity contribution in [2.75, 3.05) is 32.8 Å². The number of rotatable bonds is 10. The van der Waals surface area contributed by atoms with Crippen molar-refractivity contribution in [3.8, 4) is 5.75 Å². The van der Waals surface area contributed by atoms with Crippen LogP contribution < -0.4 is 4.74 Å². The molecular weight excluding hydrogens is 404 g/mol. The molecule has 6 heteroatoms. The normalized spacial score (nSPS) is 17.7. The molecule has 168 valence electrons. The number of aliphatic hydroxyl groups excluding tert-OH is 1. The first-order valence-electron chi connectivity index (χ1n) is 10.9. The van der Waals surface area contributed by atoms with Gasteiger partial charge in [-0.3, -0.25) is 9.59 Å². The van der Waals surface area contributed by atoms with E-state index in [0.29, 0.717) is 36.6 Å². The molecule has 1 heterocycles. The molecule has 0 bridgehead atoms. The van der Waals surface area contributed by atoms with Crippen molar-refractivity contribution >= 4 is 17.4 Å². The van der Waals surface area contributed by atoms with Crippen LogP contribution in [-0.2, 0) is 9.59 Å². The summed E-state index contributed by atoms with van der Waals surface area (Å²) in [4.78, 5) is 29.9. The highest BCUT2D eigenvalue weighted by atomic mass is 16.5. The second-order valence-electron chi connectivity index (χ2n) is 7.56. The van der Waals surface area contributed by atoms with E-state index < -0.39 is 17.7 Å². The minimum Gasteiger partial charge on any atom is -0.507 e. The highest BCUT2D eigenvalue weighted by Crippen LogP contribution is 2.40. The number of ether oxygens (including phenoxy) is 1. The molecule has 1 aliphatic heterocycles. The first kappa shape index (κ1) is 23.3. The molecular formula is C26H30N2O4. The lowest BCUT2D eigenvalue weighted by Gasteiger charge is -2.28. The zero-order valence-electron chi connectivity index (χ0n) is 18.7. The standard InChI is InChI=1S/C26H30N2O4/c1-4-17-32-21-14-10-13-20(18-21)23-22(24(29)19-11-8-7-9-12-19)25(30)26(31)28(23)16-15-27(5-2)6-3/h4,7-14,18,23,29H,1,5-6,15-17H2,2-3H3/t23-/m0/s1. The summed E-state index contributed by atoms with van der Waals surface area (Å²) in [7, 11) is 0. The minimum absolute atomic E-state index is 0.0987. The zero-order valence-corrected chi connectivity index (χ0v) is 18.7. The van der Waals surface area contributed by atoms with Crippen LogP contribution in [0.15, 0.2) is 72.8 Å². The molecule has 0 saturated carbocycles. The number of likely N-dealkylation sites (N-methyl/N-ethyl adjacent to an activating group) is 1. The summed E-state index contributed by atoms with van der Waals surface area (Å²) in [6.45, 7) is 10.8. The Morgan fingerprint density at radius 1 is 1.12 bits per heavy atom. The molecule has 6 nitrogen and oxygen atoms in total. The highest BCUT2D eigenvalue weighted by molar-refractivity contribution is 6.46. The quantitative estimate of drug-likeness (QED) is 0.265. The van der Waals surface area contributed by atoms with Gasteiger partial charge in [0.05, 0.1) is 11.6 Å². The number of carbonyl (C=O) groups is 2. The lowest BCUT2D eigenvalue weighted by Crippen LogP contribution is -2.38. The highest BCUT2D eigenvalue weighted by Gasteiger charge is 2.46. The number of benzene rings is 2. The van der Waals surface area contributed by atoms with Gasteiger partial charge in [-0.2, -0.15) is 0 Å². The molecule has 0 unspecified atom stereocenters. The van der Waals surface area contributed by atoms with Gasteiger partial charge in [-0.1, -0.05) is 69.0 Å². The Balaban J connectivity index is 2.08. The number of ketones is 1. The van der Waals surface area contributed by atoms with Crippen LogP contribution in [0.5, 0.6) is 5.75 Å². The van der Waals surface area contributed by atoms with Crippen LogP contribution in [0.25, 0.3) is 5.76 Å². The zero-order chi connectivity index (χ0) is 23.1. The Kier molecular flexibility index (Phi) is 7.84. The lowest BCUT2D eigenvalue weighted by atomic mass is 9.95. The molecule has 3 rings (SSSR count). The molecule has 1 amide bonds. The number of nitrogens with zero attached hydrogens (tertiary/aromatic N) is 2. The SMILES string of the molecule is C=CCOc1cccc([C@H]2C(=C(O)c3ccccc3)C(=O)C(=O)N2CCN(CC)CC)c1. The molecule has 0 aliphatic carbocycles. The number of Topliss-reactive ketones (excluding diaryl/α,β-unsaturated/α-hetero) is 1. The van der Waals surface area contributed by atoms with Gasteiger partial charge in [-0.05, 0) is 30.8 Å². The van der Waals surface area contributed by atoms with Crippen LogP contribution in [0.4, 0.5) is 0 Å². The van der Waals surface area contributed by atoms with Crippen molar-refractivity contribution in [3.05, 3.63) is 84.0 Å². The fourth-order valence-electron chi connectivity index (χ4n) is 3.93. The Morgan fingerprint density at radius 2 is 1.84 bits per heavy atom. The molecule has 2 aromatic carbocycles. The Morgan fingerprint density at radius 3 is 2.50 bits per heavy atom.